The maximum Gasteiger partial charge on any atom is 0.0582 e. The first kappa shape index (κ1) is 13.8. The van der Waals surface area contributed by atoms with Crippen LogP contribution in [0.3, 0.4) is 0 Å². The Morgan fingerprint density at radius 1 is 1.27 bits per heavy atom. The molecule has 0 bridgehead atoms. The molecule has 0 fully saturated rings. The Kier molecular flexibility index (Phi) is 12.8. The van der Waals surface area contributed by atoms with Crippen LogP contribution in [0.4, 0.5) is 0 Å². The Bertz CT molecular complexity index is 71.1. The van der Waals surface area contributed by atoms with E-state index in [4.69, 9.17) is 10.8 Å². The molecule has 70 valence electrons. The highest BCUT2D eigenvalue weighted by atomic mass is 35.5. The van der Waals surface area contributed by atoms with E-state index >= 15 is 0 Å². The number of hydrogen-bond donors (Lipinski definition) is 2. The molecular formula is C8H20ClNO. The number of halogens is 1. The standard InChI is InChI=1S/C8H19NO.ClH/c1-2-3-4-5-6-8(9)7-10;/h8,10H,2-7,9H2,1H3;1H. The second kappa shape index (κ2) is 10.2. The van der Waals surface area contributed by atoms with Gasteiger partial charge in [0.2, 0.25) is 0 Å². The fourth-order valence-corrected chi connectivity index (χ4v) is 0.925. The van der Waals surface area contributed by atoms with Gasteiger partial charge in [-0.05, 0) is 6.42 Å². The van der Waals surface area contributed by atoms with Crippen molar-refractivity contribution in [3.63, 3.8) is 0 Å². The van der Waals surface area contributed by atoms with Crippen molar-refractivity contribution in [2.75, 3.05) is 6.61 Å². The normalized spacial score (nSPS) is 12.3. The molecule has 0 aromatic heterocycles. The van der Waals surface area contributed by atoms with Gasteiger partial charge in [0.15, 0.2) is 0 Å². The summed E-state index contributed by atoms with van der Waals surface area (Å²) in [6.07, 6.45) is 5.93. The van der Waals surface area contributed by atoms with Gasteiger partial charge in [0.05, 0.1) is 6.61 Å². The van der Waals surface area contributed by atoms with Gasteiger partial charge < -0.3 is 10.8 Å². The van der Waals surface area contributed by atoms with Crippen molar-refractivity contribution in [3.8, 4) is 0 Å². The van der Waals surface area contributed by atoms with Crippen LogP contribution in [-0.2, 0) is 0 Å². The molecule has 0 aromatic carbocycles. The third-order valence-corrected chi connectivity index (χ3v) is 1.66. The summed E-state index contributed by atoms with van der Waals surface area (Å²) in [6.45, 7) is 2.32. The molecule has 0 saturated carbocycles. The van der Waals surface area contributed by atoms with Gasteiger partial charge in [0, 0.05) is 6.04 Å². The van der Waals surface area contributed by atoms with Gasteiger partial charge in [-0.1, -0.05) is 32.6 Å². The first-order valence-corrected chi connectivity index (χ1v) is 4.17. The van der Waals surface area contributed by atoms with Crippen molar-refractivity contribution in [1.29, 1.82) is 0 Å². The van der Waals surface area contributed by atoms with Crippen LogP contribution in [0.2, 0.25) is 0 Å². The van der Waals surface area contributed by atoms with Gasteiger partial charge in [-0.15, -0.1) is 12.4 Å². The summed E-state index contributed by atoms with van der Waals surface area (Å²) in [4.78, 5) is 0. The van der Waals surface area contributed by atoms with Gasteiger partial charge in [-0.2, -0.15) is 0 Å². The maximum absolute atomic E-state index is 8.57. The SMILES string of the molecule is CCCCCCC(N)CO.Cl. The molecule has 0 aliphatic rings. The van der Waals surface area contributed by atoms with E-state index in [9.17, 15) is 0 Å². The number of aliphatic hydroxyl groups excluding tert-OH is 1. The fourth-order valence-electron chi connectivity index (χ4n) is 0.925. The summed E-state index contributed by atoms with van der Waals surface area (Å²) < 4.78 is 0. The highest BCUT2D eigenvalue weighted by molar-refractivity contribution is 5.85. The van der Waals surface area contributed by atoms with Crippen LogP contribution in [0.25, 0.3) is 0 Å². The van der Waals surface area contributed by atoms with E-state index in [0.717, 1.165) is 12.8 Å². The molecule has 0 saturated heterocycles. The highest BCUT2D eigenvalue weighted by Crippen LogP contribution is 2.03. The van der Waals surface area contributed by atoms with Crippen LogP contribution in [0, 0.1) is 0 Å². The summed E-state index contributed by atoms with van der Waals surface area (Å²) in [5.74, 6) is 0. The molecule has 0 aromatic rings. The number of hydrogen-bond acceptors (Lipinski definition) is 2. The summed E-state index contributed by atoms with van der Waals surface area (Å²) in [7, 11) is 0. The summed E-state index contributed by atoms with van der Waals surface area (Å²) in [5, 5.41) is 8.57. The molecule has 1 unspecified atom stereocenters. The lowest BCUT2D eigenvalue weighted by Crippen LogP contribution is -2.23. The average molecular weight is 182 g/mol. The molecule has 0 spiro atoms. The zero-order chi connectivity index (χ0) is 7.82. The predicted molar refractivity (Wildman–Crippen MR) is 51.1 cm³/mol. The Labute approximate surface area is 75.6 Å². The van der Waals surface area contributed by atoms with Crippen LogP contribution in [-0.4, -0.2) is 17.8 Å². The number of nitrogens with two attached hydrogens (primary N) is 1. The largest absolute Gasteiger partial charge is 0.395 e. The van der Waals surface area contributed by atoms with E-state index in [1.54, 1.807) is 0 Å². The summed E-state index contributed by atoms with van der Waals surface area (Å²) in [6, 6.07) is 0.0110. The third-order valence-electron chi connectivity index (χ3n) is 1.66. The first-order valence-electron chi connectivity index (χ1n) is 4.17. The molecule has 0 heterocycles. The van der Waals surface area contributed by atoms with Gasteiger partial charge in [-0.25, -0.2) is 0 Å². The molecular weight excluding hydrogens is 162 g/mol. The molecule has 1 atom stereocenters. The second-order valence-electron chi connectivity index (χ2n) is 2.79. The molecule has 2 nitrogen and oxygen atoms in total. The van der Waals surface area contributed by atoms with Crippen molar-refractivity contribution in [3.05, 3.63) is 0 Å². The third kappa shape index (κ3) is 10.2. The van der Waals surface area contributed by atoms with Gasteiger partial charge >= 0.3 is 0 Å². The molecule has 0 aliphatic carbocycles. The second-order valence-corrected chi connectivity index (χ2v) is 2.79. The maximum atomic E-state index is 8.57. The molecule has 3 N–H and O–H groups in total. The fraction of sp³-hybridized carbons (Fsp3) is 1.00. The summed E-state index contributed by atoms with van der Waals surface area (Å²) >= 11 is 0. The molecule has 0 rings (SSSR count). The zero-order valence-electron chi connectivity index (χ0n) is 7.25. The smallest absolute Gasteiger partial charge is 0.0582 e. The number of rotatable bonds is 6. The lowest BCUT2D eigenvalue weighted by molar-refractivity contribution is 0.257. The van der Waals surface area contributed by atoms with Crippen LogP contribution >= 0.6 is 12.4 Å². The van der Waals surface area contributed by atoms with Crippen LogP contribution in [0.1, 0.15) is 39.0 Å². The molecule has 3 heteroatoms. The first-order chi connectivity index (χ1) is 4.81. The minimum atomic E-state index is 0. The minimum Gasteiger partial charge on any atom is -0.395 e. The Hall–Kier alpha value is 0.210. The van der Waals surface area contributed by atoms with Crippen molar-refractivity contribution < 1.29 is 5.11 Å². The minimum absolute atomic E-state index is 0. The number of aliphatic hydroxyl groups is 1. The molecule has 0 radical (unpaired) electrons. The van der Waals surface area contributed by atoms with E-state index in [1.807, 2.05) is 0 Å². The zero-order valence-corrected chi connectivity index (χ0v) is 8.07. The Balaban J connectivity index is 0. The van der Waals surface area contributed by atoms with Crippen LogP contribution < -0.4 is 5.73 Å². The van der Waals surface area contributed by atoms with Gasteiger partial charge in [-0.3, -0.25) is 0 Å². The van der Waals surface area contributed by atoms with E-state index in [1.165, 1.54) is 19.3 Å². The topological polar surface area (TPSA) is 46.2 Å². The van der Waals surface area contributed by atoms with Crippen molar-refractivity contribution >= 4 is 12.4 Å². The lowest BCUT2D eigenvalue weighted by atomic mass is 10.1. The van der Waals surface area contributed by atoms with Crippen LogP contribution in [0.5, 0.6) is 0 Å². The molecule has 0 aliphatic heterocycles. The van der Waals surface area contributed by atoms with E-state index in [2.05, 4.69) is 6.92 Å². The predicted octanol–water partition coefficient (Wildman–Crippen LogP) is 1.70. The van der Waals surface area contributed by atoms with E-state index < -0.39 is 0 Å². The average Bonchev–Trinajstić information content (AvgIpc) is 1.98. The van der Waals surface area contributed by atoms with E-state index in [-0.39, 0.29) is 25.1 Å². The van der Waals surface area contributed by atoms with Crippen molar-refractivity contribution in [2.45, 2.75) is 45.1 Å². The Morgan fingerprint density at radius 2 is 1.91 bits per heavy atom. The molecule has 0 amide bonds. The monoisotopic (exact) mass is 181 g/mol. The Morgan fingerprint density at radius 3 is 2.36 bits per heavy atom. The van der Waals surface area contributed by atoms with Crippen molar-refractivity contribution in [1.82, 2.24) is 0 Å². The van der Waals surface area contributed by atoms with Gasteiger partial charge in [0.1, 0.15) is 0 Å². The lowest BCUT2D eigenvalue weighted by Gasteiger charge is -2.05. The van der Waals surface area contributed by atoms with E-state index in [0.29, 0.717) is 0 Å². The number of unbranched alkanes of at least 4 members (excludes halogenated alkanes) is 3. The van der Waals surface area contributed by atoms with Crippen molar-refractivity contribution in [2.24, 2.45) is 5.73 Å². The van der Waals surface area contributed by atoms with Crippen LogP contribution in [0.15, 0.2) is 0 Å². The van der Waals surface area contributed by atoms with Gasteiger partial charge in [0.25, 0.3) is 0 Å². The highest BCUT2D eigenvalue weighted by Gasteiger charge is 1.97. The quantitative estimate of drug-likeness (QED) is 0.613. The molecule has 11 heavy (non-hydrogen) atoms. The summed E-state index contributed by atoms with van der Waals surface area (Å²) in [5.41, 5.74) is 5.51.